The van der Waals surface area contributed by atoms with Crippen LogP contribution in [0.15, 0.2) is 18.2 Å². The van der Waals surface area contributed by atoms with Crippen LogP contribution in [0.2, 0.25) is 0 Å². The fourth-order valence-corrected chi connectivity index (χ4v) is 2.23. The van der Waals surface area contributed by atoms with Crippen LogP contribution in [0, 0.1) is 17.2 Å². The summed E-state index contributed by atoms with van der Waals surface area (Å²) in [6, 6.07) is 5.06. The zero-order valence-electron chi connectivity index (χ0n) is 11.2. The number of benzene rings is 1. The van der Waals surface area contributed by atoms with Crippen molar-refractivity contribution >= 4 is 5.69 Å². The van der Waals surface area contributed by atoms with Crippen molar-refractivity contribution in [2.45, 2.75) is 25.6 Å². The molecule has 20 heavy (non-hydrogen) atoms. The topological polar surface area (TPSA) is 47.3 Å². The Morgan fingerprint density at radius 3 is 2.40 bits per heavy atom. The summed E-state index contributed by atoms with van der Waals surface area (Å²) in [6.07, 6.45) is -4.53. The molecule has 0 amide bonds. The van der Waals surface area contributed by atoms with Crippen LogP contribution < -0.4 is 4.90 Å². The highest BCUT2D eigenvalue weighted by atomic mass is 19.4. The van der Waals surface area contributed by atoms with Gasteiger partial charge in [0.25, 0.3) is 0 Å². The number of nitrogens with zero attached hydrogens (tertiary/aromatic N) is 2. The first-order chi connectivity index (χ1) is 9.17. The van der Waals surface area contributed by atoms with E-state index in [1.54, 1.807) is 11.0 Å². The van der Waals surface area contributed by atoms with Crippen LogP contribution in [0.1, 0.15) is 25.0 Å². The normalized spacial score (nSPS) is 17.8. The molecule has 0 bridgehead atoms. The second kappa shape index (κ2) is 4.67. The number of alkyl halides is 3. The standard InChI is InChI=1S/C14H15F3N2O/c1-9(2)13(20)7-19(8-13)11-3-4-12(14(15,16)17)10(5-11)6-18/h3-5,9,20H,7-8H2,1-2H3. The van der Waals surface area contributed by atoms with E-state index in [1.807, 2.05) is 13.8 Å². The number of hydrogen-bond donors (Lipinski definition) is 1. The van der Waals surface area contributed by atoms with Gasteiger partial charge in [-0.25, -0.2) is 0 Å². The van der Waals surface area contributed by atoms with Crippen LogP contribution >= 0.6 is 0 Å². The SMILES string of the molecule is CC(C)C1(O)CN(c2ccc(C(F)(F)F)c(C#N)c2)C1. The van der Waals surface area contributed by atoms with Crippen molar-refractivity contribution in [2.24, 2.45) is 5.92 Å². The molecule has 0 atom stereocenters. The average molecular weight is 284 g/mol. The largest absolute Gasteiger partial charge is 0.417 e. The second-order valence-corrected chi connectivity index (χ2v) is 5.45. The third-order valence-corrected chi connectivity index (χ3v) is 3.80. The smallest absolute Gasteiger partial charge is 0.386 e. The van der Waals surface area contributed by atoms with Crippen molar-refractivity contribution < 1.29 is 18.3 Å². The van der Waals surface area contributed by atoms with Crippen molar-refractivity contribution in [3.8, 4) is 6.07 Å². The van der Waals surface area contributed by atoms with Crippen molar-refractivity contribution in [2.75, 3.05) is 18.0 Å². The lowest BCUT2D eigenvalue weighted by Gasteiger charge is -2.50. The molecule has 0 aromatic heterocycles. The fraction of sp³-hybridized carbons (Fsp3) is 0.500. The lowest BCUT2D eigenvalue weighted by Crippen LogP contribution is -2.64. The summed E-state index contributed by atoms with van der Waals surface area (Å²) >= 11 is 0. The van der Waals surface area contributed by atoms with Gasteiger partial charge in [-0.05, 0) is 24.1 Å². The Morgan fingerprint density at radius 1 is 1.35 bits per heavy atom. The highest BCUT2D eigenvalue weighted by Gasteiger charge is 2.44. The molecule has 1 heterocycles. The first-order valence-corrected chi connectivity index (χ1v) is 6.26. The van der Waals surface area contributed by atoms with E-state index in [1.165, 1.54) is 12.1 Å². The zero-order valence-corrected chi connectivity index (χ0v) is 11.2. The summed E-state index contributed by atoms with van der Waals surface area (Å²) in [5.41, 5.74) is -1.60. The highest BCUT2D eigenvalue weighted by Crippen LogP contribution is 2.37. The van der Waals surface area contributed by atoms with Crippen LogP contribution in [0.5, 0.6) is 0 Å². The van der Waals surface area contributed by atoms with E-state index in [9.17, 15) is 18.3 Å². The Morgan fingerprint density at radius 2 is 1.95 bits per heavy atom. The minimum absolute atomic E-state index is 0.0728. The molecular weight excluding hydrogens is 269 g/mol. The van der Waals surface area contributed by atoms with Gasteiger partial charge in [-0.2, -0.15) is 18.4 Å². The third-order valence-electron chi connectivity index (χ3n) is 3.80. The molecule has 0 spiro atoms. The maximum absolute atomic E-state index is 12.7. The van der Waals surface area contributed by atoms with Crippen molar-refractivity contribution in [1.29, 1.82) is 5.26 Å². The first kappa shape index (κ1) is 14.7. The zero-order chi connectivity index (χ0) is 15.1. The number of β-amino-alcohol motifs (C(OH)–C–C–N with tert-alkyl or cyclic N) is 1. The Hall–Kier alpha value is -1.74. The van der Waals surface area contributed by atoms with Crippen LogP contribution in [-0.2, 0) is 6.18 Å². The van der Waals surface area contributed by atoms with Crippen LogP contribution in [-0.4, -0.2) is 23.8 Å². The molecule has 1 saturated heterocycles. The summed E-state index contributed by atoms with van der Waals surface area (Å²) in [5.74, 6) is 0.0728. The molecule has 0 unspecified atom stereocenters. The molecule has 1 aromatic rings. The summed E-state index contributed by atoms with van der Waals surface area (Å²) in [7, 11) is 0. The maximum Gasteiger partial charge on any atom is 0.417 e. The van der Waals surface area contributed by atoms with E-state index in [0.29, 0.717) is 18.8 Å². The molecule has 2 rings (SSSR count). The Bertz CT molecular complexity index is 555. The number of anilines is 1. The number of aliphatic hydroxyl groups is 1. The molecule has 1 N–H and O–H groups in total. The number of rotatable bonds is 2. The Balaban J connectivity index is 2.24. The Kier molecular flexibility index (Phi) is 3.42. The predicted octanol–water partition coefficient (Wildman–Crippen LogP) is 2.78. The van der Waals surface area contributed by atoms with Gasteiger partial charge in [-0.1, -0.05) is 13.8 Å². The maximum atomic E-state index is 12.7. The van der Waals surface area contributed by atoms with E-state index >= 15 is 0 Å². The van der Waals surface area contributed by atoms with Gasteiger partial charge in [0.05, 0.1) is 17.2 Å². The molecule has 1 aromatic carbocycles. The fourth-order valence-electron chi connectivity index (χ4n) is 2.23. The summed E-state index contributed by atoms with van der Waals surface area (Å²) in [4.78, 5) is 1.76. The van der Waals surface area contributed by atoms with E-state index in [2.05, 4.69) is 0 Å². The molecule has 0 radical (unpaired) electrons. The molecule has 0 aliphatic carbocycles. The van der Waals surface area contributed by atoms with Crippen LogP contribution in [0.3, 0.4) is 0 Å². The summed E-state index contributed by atoms with van der Waals surface area (Å²) < 4.78 is 38.1. The van der Waals surface area contributed by atoms with Gasteiger partial charge in [0.2, 0.25) is 0 Å². The summed E-state index contributed by atoms with van der Waals surface area (Å²) in [5, 5.41) is 19.0. The van der Waals surface area contributed by atoms with Gasteiger partial charge < -0.3 is 10.0 Å². The average Bonchev–Trinajstić information content (AvgIpc) is 2.32. The van der Waals surface area contributed by atoms with E-state index in [0.717, 1.165) is 6.07 Å². The highest BCUT2D eigenvalue weighted by molar-refractivity contribution is 5.57. The molecule has 0 saturated carbocycles. The van der Waals surface area contributed by atoms with E-state index < -0.39 is 22.9 Å². The minimum atomic E-state index is -4.53. The predicted molar refractivity (Wildman–Crippen MR) is 68.2 cm³/mol. The molecule has 3 nitrogen and oxygen atoms in total. The number of halogens is 3. The summed E-state index contributed by atoms with van der Waals surface area (Å²) in [6.45, 7) is 4.51. The van der Waals surface area contributed by atoms with Crippen molar-refractivity contribution in [3.63, 3.8) is 0 Å². The van der Waals surface area contributed by atoms with E-state index in [-0.39, 0.29) is 5.92 Å². The lowest BCUT2D eigenvalue weighted by atomic mass is 9.82. The van der Waals surface area contributed by atoms with Gasteiger partial charge in [0.1, 0.15) is 5.60 Å². The molecular formula is C14H15F3N2O. The number of nitriles is 1. The molecule has 6 heteroatoms. The minimum Gasteiger partial charge on any atom is -0.386 e. The lowest BCUT2D eigenvalue weighted by molar-refractivity contribution is -0.137. The third kappa shape index (κ3) is 2.46. The van der Waals surface area contributed by atoms with Gasteiger partial charge in [-0.15, -0.1) is 0 Å². The monoisotopic (exact) mass is 284 g/mol. The van der Waals surface area contributed by atoms with Gasteiger partial charge >= 0.3 is 6.18 Å². The second-order valence-electron chi connectivity index (χ2n) is 5.45. The first-order valence-electron chi connectivity index (χ1n) is 6.26. The van der Waals surface area contributed by atoms with Crippen molar-refractivity contribution in [3.05, 3.63) is 29.3 Å². The van der Waals surface area contributed by atoms with E-state index in [4.69, 9.17) is 5.26 Å². The molecule has 108 valence electrons. The van der Waals surface area contributed by atoms with Crippen molar-refractivity contribution in [1.82, 2.24) is 0 Å². The van der Waals surface area contributed by atoms with Gasteiger partial charge in [0, 0.05) is 18.8 Å². The van der Waals surface area contributed by atoms with Gasteiger partial charge in [0.15, 0.2) is 0 Å². The van der Waals surface area contributed by atoms with Crippen LogP contribution in [0.25, 0.3) is 0 Å². The quantitative estimate of drug-likeness (QED) is 0.908. The Labute approximate surface area is 115 Å². The van der Waals surface area contributed by atoms with Gasteiger partial charge in [-0.3, -0.25) is 0 Å². The molecule has 1 fully saturated rings. The molecule has 1 aliphatic rings. The molecule has 1 aliphatic heterocycles. The number of hydrogen-bond acceptors (Lipinski definition) is 3. The van der Waals surface area contributed by atoms with Crippen LogP contribution in [0.4, 0.5) is 18.9 Å².